The van der Waals surface area contributed by atoms with Crippen LogP contribution < -0.4 is 28.6 Å². The fourth-order valence-corrected chi connectivity index (χ4v) is 5.93. The van der Waals surface area contributed by atoms with Gasteiger partial charge in [-0.1, -0.05) is 30.3 Å². The van der Waals surface area contributed by atoms with Crippen molar-refractivity contribution in [2.24, 2.45) is 0 Å². The molecule has 0 aliphatic heterocycles. The lowest BCUT2D eigenvalue weighted by atomic mass is 10.1. The van der Waals surface area contributed by atoms with E-state index in [4.69, 9.17) is 18.9 Å². The van der Waals surface area contributed by atoms with E-state index in [9.17, 15) is 18.0 Å². The van der Waals surface area contributed by atoms with Crippen molar-refractivity contribution in [2.75, 3.05) is 52.4 Å². The predicted octanol–water partition coefficient (Wildman–Crippen LogP) is 3.51. The second kappa shape index (κ2) is 15.1. The van der Waals surface area contributed by atoms with Crippen molar-refractivity contribution in [3.63, 3.8) is 0 Å². The number of hydrogen-bond acceptors (Lipinski definition) is 8. The molecule has 0 fully saturated rings. The molecule has 3 rings (SSSR count). The van der Waals surface area contributed by atoms with E-state index in [0.717, 1.165) is 9.87 Å². The molecule has 43 heavy (non-hydrogen) atoms. The van der Waals surface area contributed by atoms with E-state index in [1.807, 2.05) is 30.3 Å². The Balaban J connectivity index is 2.12. The van der Waals surface area contributed by atoms with Crippen molar-refractivity contribution in [1.82, 2.24) is 10.2 Å². The SMILES string of the molecule is CCNC(=O)[C@@H](C)N(CCc1ccccc1)C(=O)CN(c1cc(OC)ccc1OC)S(=O)(=O)c1ccc(OC)c(OC)c1. The maximum absolute atomic E-state index is 14.3. The van der Waals surface area contributed by atoms with Gasteiger partial charge in [0.15, 0.2) is 11.5 Å². The van der Waals surface area contributed by atoms with Gasteiger partial charge in [0.05, 0.1) is 39.0 Å². The van der Waals surface area contributed by atoms with Crippen LogP contribution in [0.5, 0.6) is 23.0 Å². The molecule has 3 aromatic carbocycles. The Morgan fingerprint density at radius 3 is 2.09 bits per heavy atom. The first-order chi connectivity index (χ1) is 20.6. The van der Waals surface area contributed by atoms with E-state index in [-0.39, 0.29) is 34.5 Å². The van der Waals surface area contributed by atoms with Crippen LogP contribution in [0.25, 0.3) is 0 Å². The first-order valence-electron chi connectivity index (χ1n) is 13.7. The Morgan fingerprint density at radius 1 is 0.837 bits per heavy atom. The number of nitrogens with zero attached hydrogens (tertiary/aromatic N) is 2. The summed E-state index contributed by atoms with van der Waals surface area (Å²) in [7, 11) is 1.28. The number of benzene rings is 3. The zero-order chi connectivity index (χ0) is 31.6. The summed E-state index contributed by atoms with van der Waals surface area (Å²) in [6.45, 7) is 3.34. The summed E-state index contributed by atoms with van der Waals surface area (Å²) >= 11 is 0. The molecule has 12 heteroatoms. The highest BCUT2D eigenvalue weighted by Gasteiger charge is 2.34. The Bertz CT molecular complexity index is 1500. The average molecular weight is 614 g/mol. The van der Waals surface area contributed by atoms with Crippen LogP contribution in [0.1, 0.15) is 19.4 Å². The molecule has 0 saturated heterocycles. The number of ether oxygens (including phenoxy) is 4. The van der Waals surface area contributed by atoms with Crippen LogP contribution in [-0.4, -0.2) is 79.2 Å². The van der Waals surface area contributed by atoms with Gasteiger partial charge >= 0.3 is 0 Å². The Morgan fingerprint density at radius 2 is 1.49 bits per heavy atom. The molecule has 0 bridgehead atoms. The Labute approximate surface area is 253 Å². The summed E-state index contributed by atoms with van der Waals surface area (Å²) in [6, 6.07) is 17.5. The van der Waals surface area contributed by atoms with E-state index in [0.29, 0.717) is 24.5 Å². The van der Waals surface area contributed by atoms with Gasteiger partial charge in [-0.2, -0.15) is 0 Å². The topological polar surface area (TPSA) is 124 Å². The maximum Gasteiger partial charge on any atom is 0.265 e. The zero-order valence-electron chi connectivity index (χ0n) is 25.3. The van der Waals surface area contributed by atoms with Crippen LogP contribution in [-0.2, 0) is 26.0 Å². The van der Waals surface area contributed by atoms with Crippen LogP contribution in [0, 0.1) is 0 Å². The van der Waals surface area contributed by atoms with Gasteiger partial charge < -0.3 is 29.2 Å². The molecule has 0 aromatic heterocycles. The van der Waals surface area contributed by atoms with Crippen molar-refractivity contribution in [2.45, 2.75) is 31.2 Å². The molecule has 0 aliphatic carbocycles. The van der Waals surface area contributed by atoms with Gasteiger partial charge in [0.1, 0.15) is 24.1 Å². The summed E-state index contributed by atoms with van der Waals surface area (Å²) in [6.07, 6.45) is 0.460. The normalized spacial score (nSPS) is 11.7. The largest absolute Gasteiger partial charge is 0.497 e. The minimum Gasteiger partial charge on any atom is -0.497 e. The van der Waals surface area contributed by atoms with E-state index in [1.54, 1.807) is 26.0 Å². The molecule has 11 nitrogen and oxygen atoms in total. The molecule has 1 atom stereocenters. The highest BCUT2D eigenvalue weighted by molar-refractivity contribution is 7.92. The van der Waals surface area contributed by atoms with E-state index in [2.05, 4.69) is 5.32 Å². The van der Waals surface area contributed by atoms with Crippen LogP contribution in [0.15, 0.2) is 71.6 Å². The van der Waals surface area contributed by atoms with E-state index in [1.165, 1.54) is 57.6 Å². The van der Waals surface area contributed by atoms with Gasteiger partial charge in [-0.15, -0.1) is 0 Å². The first-order valence-corrected chi connectivity index (χ1v) is 15.1. The molecule has 0 saturated carbocycles. The molecule has 3 aromatic rings. The lowest BCUT2D eigenvalue weighted by Gasteiger charge is -2.32. The van der Waals surface area contributed by atoms with Gasteiger partial charge in [-0.3, -0.25) is 13.9 Å². The second-order valence-corrected chi connectivity index (χ2v) is 11.3. The standard InChI is InChI=1S/C31H39N3O8S/c1-7-32-31(36)22(2)33(18-17-23-11-9-8-10-12-23)30(35)21-34(26-19-24(39-3)13-15-27(26)40-4)43(37,38)25-14-16-28(41-5)29(20-25)42-6/h8-16,19-20,22H,7,17-18,21H2,1-6H3,(H,32,36)/t22-/m1/s1. The third-order valence-corrected chi connectivity index (χ3v) is 8.63. The minimum atomic E-state index is -4.41. The first kappa shape index (κ1) is 33.1. The Kier molecular flexibility index (Phi) is 11.6. The highest BCUT2D eigenvalue weighted by atomic mass is 32.2. The van der Waals surface area contributed by atoms with Gasteiger partial charge in [0.2, 0.25) is 11.8 Å². The molecule has 0 heterocycles. The smallest absolute Gasteiger partial charge is 0.265 e. The molecule has 0 spiro atoms. The number of nitrogens with one attached hydrogen (secondary N) is 1. The van der Waals surface area contributed by atoms with Crippen molar-refractivity contribution in [3.8, 4) is 23.0 Å². The fourth-order valence-electron chi connectivity index (χ4n) is 4.50. The highest BCUT2D eigenvalue weighted by Crippen LogP contribution is 2.37. The van der Waals surface area contributed by atoms with Crippen LogP contribution in [0.4, 0.5) is 5.69 Å². The molecular formula is C31H39N3O8S. The van der Waals surface area contributed by atoms with Crippen LogP contribution in [0.2, 0.25) is 0 Å². The molecule has 0 unspecified atom stereocenters. The fraction of sp³-hybridized carbons (Fsp3) is 0.355. The van der Waals surface area contributed by atoms with Gasteiger partial charge in [0.25, 0.3) is 10.0 Å². The number of carbonyl (C=O) groups is 2. The number of amides is 2. The number of carbonyl (C=O) groups excluding carboxylic acids is 2. The van der Waals surface area contributed by atoms with Gasteiger partial charge in [0, 0.05) is 25.2 Å². The lowest BCUT2D eigenvalue weighted by Crippen LogP contribution is -2.52. The number of hydrogen-bond donors (Lipinski definition) is 1. The zero-order valence-corrected chi connectivity index (χ0v) is 26.1. The lowest BCUT2D eigenvalue weighted by molar-refractivity contribution is -0.138. The number of rotatable bonds is 15. The van der Waals surface area contributed by atoms with Crippen molar-refractivity contribution in [1.29, 1.82) is 0 Å². The molecule has 0 aliphatic rings. The maximum atomic E-state index is 14.3. The second-order valence-electron chi connectivity index (χ2n) is 9.46. The number of anilines is 1. The summed E-state index contributed by atoms with van der Waals surface area (Å²) in [5.41, 5.74) is 1.05. The summed E-state index contributed by atoms with van der Waals surface area (Å²) < 4.78 is 51.0. The third-order valence-electron chi connectivity index (χ3n) is 6.88. The monoisotopic (exact) mass is 613 g/mol. The van der Waals surface area contributed by atoms with E-state index < -0.39 is 28.5 Å². The van der Waals surface area contributed by atoms with Crippen molar-refractivity contribution < 1.29 is 37.0 Å². The Hall–Kier alpha value is -4.45. The van der Waals surface area contributed by atoms with E-state index >= 15 is 0 Å². The molecule has 1 N–H and O–H groups in total. The van der Waals surface area contributed by atoms with Gasteiger partial charge in [-0.25, -0.2) is 8.42 Å². The van der Waals surface area contributed by atoms with Crippen LogP contribution >= 0.6 is 0 Å². The van der Waals surface area contributed by atoms with Crippen molar-refractivity contribution in [3.05, 3.63) is 72.3 Å². The van der Waals surface area contributed by atoms with Gasteiger partial charge in [-0.05, 0) is 50.1 Å². The number of likely N-dealkylation sites (N-methyl/N-ethyl adjacent to an activating group) is 1. The summed E-state index contributed by atoms with van der Waals surface area (Å²) in [5, 5.41) is 2.75. The molecule has 232 valence electrons. The number of sulfonamides is 1. The molecule has 0 radical (unpaired) electrons. The third kappa shape index (κ3) is 7.89. The number of methoxy groups -OCH3 is 4. The summed E-state index contributed by atoms with van der Waals surface area (Å²) in [5.74, 6) is 0.158. The van der Waals surface area contributed by atoms with Crippen LogP contribution in [0.3, 0.4) is 0 Å². The predicted molar refractivity (Wildman–Crippen MR) is 164 cm³/mol. The minimum absolute atomic E-state index is 0.0821. The quantitative estimate of drug-likeness (QED) is 0.276. The molecular weight excluding hydrogens is 574 g/mol. The summed E-state index contributed by atoms with van der Waals surface area (Å²) in [4.78, 5) is 28.2. The molecule has 2 amide bonds. The van der Waals surface area contributed by atoms with Crippen molar-refractivity contribution >= 4 is 27.5 Å². The average Bonchev–Trinajstić information content (AvgIpc) is 3.03.